The first-order valence-electron chi connectivity index (χ1n) is 6.77. The zero-order chi connectivity index (χ0) is 15.4. The van der Waals surface area contributed by atoms with Gasteiger partial charge in [0, 0.05) is 11.3 Å². The Morgan fingerprint density at radius 2 is 1.95 bits per heavy atom. The third-order valence-electron chi connectivity index (χ3n) is 3.12. The van der Waals surface area contributed by atoms with E-state index < -0.39 is 0 Å². The molecule has 0 spiro atoms. The van der Waals surface area contributed by atoms with Gasteiger partial charge in [0.2, 0.25) is 5.89 Å². The molecule has 0 radical (unpaired) electrons. The molecule has 2 aromatic carbocycles. The molecule has 1 heterocycles. The number of hydrogen-bond donors (Lipinski definition) is 0. The van der Waals surface area contributed by atoms with Gasteiger partial charge in [-0.15, -0.1) is 10.2 Å². The van der Waals surface area contributed by atoms with Crippen molar-refractivity contribution in [3.05, 3.63) is 65.2 Å². The van der Waals surface area contributed by atoms with Crippen LogP contribution in [0.4, 0.5) is 0 Å². The number of aromatic nitrogens is 2. The number of thioether (sulfide) groups is 1. The molecule has 0 unspecified atom stereocenters. The van der Waals surface area contributed by atoms with E-state index in [0.29, 0.717) is 16.7 Å². The maximum atomic E-state index is 8.78. The molecule has 0 aliphatic carbocycles. The minimum absolute atomic E-state index is 0.533. The molecule has 0 amide bonds. The summed E-state index contributed by atoms with van der Waals surface area (Å²) in [6.07, 6.45) is 0. The Balaban J connectivity index is 1.68. The van der Waals surface area contributed by atoms with Crippen molar-refractivity contribution in [3.8, 4) is 17.5 Å². The highest BCUT2D eigenvalue weighted by atomic mass is 32.2. The van der Waals surface area contributed by atoms with Crippen LogP contribution >= 0.6 is 11.8 Å². The average Bonchev–Trinajstić information content (AvgIpc) is 3.02. The highest BCUT2D eigenvalue weighted by Crippen LogP contribution is 2.26. The monoisotopic (exact) mass is 307 g/mol. The fourth-order valence-electron chi connectivity index (χ4n) is 1.98. The molecule has 3 rings (SSSR count). The molecule has 4 nitrogen and oxygen atoms in total. The normalized spacial score (nSPS) is 10.4. The minimum atomic E-state index is 0.533. The number of hydrogen-bond acceptors (Lipinski definition) is 5. The third-order valence-corrected chi connectivity index (χ3v) is 4.01. The smallest absolute Gasteiger partial charge is 0.277 e. The SMILES string of the molecule is Cc1cccc(-c2nnc(SCc3ccc(C#N)cc3)o2)c1. The second-order valence-corrected chi connectivity index (χ2v) is 5.77. The Bertz CT molecular complexity index is 818. The van der Waals surface area contributed by atoms with E-state index >= 15 is 0 Å². The summed E-state index contributed by atoms with van der Waals surface area (Å²) in [5.41, 5.74) is 3.85. The van der Waals surface area contributed by atoms with Crippen molar-refractivity contribution in [2.24, 2.45) is 0 Å². The second kappa shape index (κ2) is 6.46. The van der Waals surface area contributed by atoms with E-state index in [1.165, 1.54) is 11.8 Å². The largest absolute Gasteiger partial charge is 0.411 e. The molecule has 0 saturated heterocycles. The van der Waals surface area contributed by atoms with Gasteiger partial charge in [0.1, 0.15) is 0 Å². The number of benzene rings is 2. The minimum Gasteiger partial charge on any atom is -0.411 e. The Kier molecular flexibility index (Phi) is 4.22. The molecular weight excluding hydrogens is 294 g/mol. The predicted octanol–water partition coefficient (Wildman–Crippen LogP) is 4.21. The van der Waals surface area contributed by atoms with E-state index in [9.17, 15) is 0 Å². The van der Waals surface area contributed by atoms with Crippen molar-refractivity contribution < 1.29 is 4.42 Å². The quantitative estimate of drug-likeness (QED) is 0.676. The number of aryl methyl sites for hydroxylation is 1. The van der Waals surface area contributed by atoms with Gasteiger partial charge in [-0.1, -0.05) is 41.6 Å². The summed E-state index contributed by atoms with van der Waals surface area (Å²) in [5, 5.41) is 17.5. The lowest BCUT2D eigenvalue weighted by molar-refractivity contribution is 0.466. The van der Waals surface area contributed by atoms with Crippen molar-refractivity contribution in [1.82, 2.24) is 10.2 Å². The van der Waals surface area contributed by atoms with Gasteiger partial charge in [0.05, 0.1) is 11.6 Å². The van der Waals surface area contributed by atoms with Crippen molar-refractivity contribution in [3.63, 3.8) is 0 Å². The number of nitriles is 1. The summed E-state index contributed by atoms with van der Waals surface area (Å²) in [5.74, 6) is 1.26. The molecule has 5 heteroatoms. The van der Waals surface area contributed by atoms with Crippen LogP contribution in [0.25, 0.3) is 11.5 Å². The fourth-order valence-corrected chi connectivity index (χ4v) is 2.70. The molecule has 22 heavy (non-hydrogen) atoms. The lowest BCUT2D eigenvalue weighted by atomic mass is 10.1. The van der Waals surface area contributed by atoms with Crippen LogP contribution in [0.5, 0.6) is 0 Å². The molecule has 0 aliphatic heterocycles. The van der Waals surface area contributed by atoms with Crippen molar-refractivity contribution in [1.29, 1.82) is 5.26 Å². The summed E-state index contributed by atoms with van der Waals surface area (Å²) in [4.78, 5) is 0. The van der Waals surface area contributed by atoms with Gasteiger partial charge >= 0.3 is 0 Å². The molecule has 1 aromatic heterocycles. The highest BCUT2D eigenvalue weighted by molar-refractivity contribution is 7.98. The highest BCUT2D eigenvalue weighted by Gasteiger charge is 2.09. The first-order chi connectivity index (χ1) is 10.7. The topological polar surface area (TPSA) is 62.7 Å². The summed E-state index contributed by atoms with van der Waals surface area (Å²) in [6, 6.07) is 17.6. The van der Waals surface area contributed by atoms with Crippen molar-refractivity contribution in [2.75, 3.05) is 0 Å². The molecule has 0 N–H and O–H groups in total. The fraction of sp³-hybridized carbons (Fsp3) is 0.118. The Hall–Kier alpha value is -2.58. The van der Waals surface area contributed by atoms with Gasteiger partial charge in [-0.25, -0.2) is 0 Å². The predicted molar refractivity (Wildman–Crippen MR) is 85.2 cm³/mol. The Morgan fingerprint density at radius 1 is 1.14 bits per heavy atom. The third kappa shape index (κ3) is 3.35. The number of nitrogens with zero attached hydrogens (tertiary/aromatic N) is 3. The van der Waals surface area contributed by atoms with Crippen LogP contribution in [0.3, 0.4) is 0 Å². The van der Waals surface area contributed by atoms with Gasteiger partial charge in [0.15, 0.2) is 0 Å². The van der Waals surface area contributed by atoms with Crippen LogP contribution in [0.2, 0.25) is 0 Å². The first-order valence-corrected chi connectivity index (χ1v) is 7.75. The Morgan fingerprint density at radius 3 is 2.68 bits per heavy atom. The maximum absolute atomic E-state index is 8.78. The molecule has 0 aliphatic rings. The van der Waals surface area contributed by atoms with E-state index in [1.807, 2.05) is 55.5 Å². The van der Waals surface area contributed by atoms with Gasteiger partial charge in [-0.3, -0.25) is 0 Å². The molecular formula is C17H13N3OS. The number of rotatable bonds is 4. The van der Waals surface area contributed by atoms with E-state index in [-0.39, 0.29) is 0 Å². The van der Waals surface area contributed by atoms with E-state index in [0.717, 1.165) is 22.4 Å². The van der Waals surface area contributed by atoms with E-state index in [4.69, 9.17) is 9.68 Å². The molecule has 3 aromatic rings. The van der Waals surface area contributed by atoms with Crippen molar-refractivity contribution >= 4 is 11.8 Å². The molecule has 0 atom stereocenters. The summed E-state index contributed by atoms with van der Waals surface area (Å²) in [6.45, 7) is 2.03. The summed E-state index contributed by atoms with van der Waals surface area (Å²) in [7, 11) is 0. The standard InChI is InChI=1S/C17H13N3OS/c1-12-3-2-4-15(9-12)16-19-20-17(21-16)22-11-14-7-5-13(10-18)6-8-14/h2-9H,11H2,1H3. The van der Waals surface area contributed by atoms with Gasteiger partial charge < -0.3 is 4.42 Å². The molecule has 0 bridgehead atoms. The van der Waals surface area contributed by atoms with Crippen molar-refractivity contribution in [2.45, 2.75) is 17.9 Å². The van der Waals surface area contributed by atoms with E-state index in [1.54, 1.807) is 0 Å². The van der Waals surface area contributed by atoms with Crippen LogP contribution in [-0.2, 0) is 5.75 Å². The summed E-state index contributed by atoms with van der Waals surface area (Å²) < 4.78 is 5.68. The zero-order valence-corrected chi connectivity index (χ0v) is 12.8. The van der Waals surface area contributed by atoms with Gasteiger partial charge in [0.25, 0.3) is 5.22 Å². The molecule has 0 fully saturated rings. The second-order valence-electron chi connectivity index (χ2n) is 4.84. The van der Waals surface area contributed by atoms with Crippen LogP contribution in [0, 0.1) is 18.3 Å². The van der Waals surface area contributed by atoms with Gasteiger partial charge in [-0.05, 0) is 36.8 Å². The van der Waals surface area contributed by atoms with Crippen LogP contribution in [-0.4, -0.2) is 10.2 Å². The Labute approximate surface area is 132 Å². The van der Waals surface area contributed by atoms with E-state index in [2.05, 4.69) is 16.3 Å². The van der Waals surface area contributed by atoms with Crippen LogP contribution in [0.1, 0.15) is 16.7 Å². The first kappa shape index (κ1) is 14.4. The molecule has 108 valence electrons. The van der Waals surface area contributed by atoms with Gasteiger partial charge in [-0.2, -0.15) is 5.26 Å². The lowest BCUT2D eigenvalue weighted by Gasteiger charge is -1.98. The van der Waals surface area contributed by atoms with Crippen LogP contribution in [0.15, 0.2) is 58.2 Å². The average molecular weight is 307 g/mol. The lowest BCUT2D eigenvalue weighted by Crippen LogP contribution is -1.81. The molecule has 0 saturated carbocycles. The summed E-state index contributed by atoms with van der Waals surface area (Å²) >= 11 is 1.48. The maximum Gasteiger partial charge on any atom is 0.277 e. The van der Waals surface area contributed by atoms with Crippen LogP contribution < -0.4 is 0 Å². The zero-order valence-electron chi connectivity index (χ0n) is 12.0.